The molecule has 13 nitrogen and oxygen atoms in total. The summed E-state index contributed by atoms with van der Waals surface area (Å²) in [6, 6.07) is 27.1. The third-order valence-corrected chi connectivity index (χ3v) is 10.4. The number of nitrogens with zero attached hydrogens (tertiary/aromatic N) is 7. The molecule has 0 amide bonds. The van der Waals surface area contributed by atoms with Crippen LogP contribution in [0.3, 0.4) is 0 Å². The average molecular weight is 806 g/mol. The van der Waals surface area contributed by atoms with Crippen molar-refractivity contribution in [1.82, 2.24) is 20.3 Å². The summed E-state index contributed by atoms with van der Waals surface area (Å²) in [6.45, 7) is 8.35. The molecule has 2 heterocycles. The van der Waals surface area contributed by atoms with Gasteiger partial charge in [-0.3, -0.25) is 4.99 Å². The third kappa shape index (κ3) is 9.13. The number of rotatable bonds is 13. The Kier molecular flexibility index (Phi) is 13.1. The molecule has 0 saturated carbocycles. The first-order valence-electron chi connectivity index (χ1n) is 20.3. The van der Waals surface area contributed by atoms with E-state index in [1.165, 1.54) is 11.1 Å². The maximum Gasteiger partial charge on any atom is 0.258 e. The molecule has 0 aliphatic heterocycles. The van der Waals surface area contributed by atoms with Gasteiger partial charge in [-0.25, -0.2) is 0 Å². The van der Waals surface area contributed by atoms with Crippen LogP contribution in [0, 0.1) is 22.7 Å². The van der Waals surface area contributed by atoms with Crippen LogP contribution in [0.1, 0.15) is 92.7 Å². The molecule has 0 spiro atoms. The summed E-state index contributed by atoms with van der Waals surface area (Å²) < 4.78 is 22.4. The Morgan fingerprint density at radius 2 is 1.28 bits per heavy atom. The Bertz CT molecular complexity index is 2580. The smallest absolute Gasteiger partial charge is 0.258 e. The van der Waals surface area contributed by atoms with Gasteiger partial charge in [-0.05, 0) is 131 Å². The molecule has 0 unspecified atom stereocenters. The first-order chi connectivity index (χ1) is 29.2. The van der Waals surface area contributed by atoms with Gasteiger partial charge in [0.1, 0.15) is 23.6 Å². The summed E-state index contributed by atoms with van der Waals surface area (Å²) in [5.74, 6) is 3.35. The van der Waals surface area contributed by atoms with Crippen LogP contribution >= 0.6 is 0 Å². The highest BCUT2D eigenvalue weighted by molar-refractivity contribution is 6.06. The Morgan fingerprint density at radius 3 is 1.83 bits per heavy atom. The molecule has 2 N–H and O–H groups in total. The highest BCUT2D eigenvalue weighted by atomic mass is 16.5. The van der Waals surface area contributed by atoms with E-state index < -0.39 is 0 Å². The number of fused-ring (bicyclic) bond motifs is 2. The van der Waals surface area contributed by atoms with Crippen LogP contribution in [0.2, 0.25) is 0 Å². The molecule has 0 bridgehead atoms. The summed E-state index contributed by atoms with van der Waals surface area (Å²) in [5, 5.41) is 45.5. The Balaban J connectivity index is 0.000000181. The van der Waals surface area contributed by atoms with Crippen molar-refractivity contribution in [2.45, 2.75) is 84.3 Å². The maximum atomic E-state index is 9.47. The first kappa shape index (κ1) is 41.5. The van der Waals surface area contributed by atoms with Crippen molar-refractivity contribution < 1.29 is 28.7 Å². The number of hydrogen-bond acceptors (Lipinski definition) is 13. The van der Waals surface area contributed by atoms with E-state index in [9.17, 15) is 10.5 Å². The second-order valence-electron chi connectivity index (χ2n) is 15.2. The van der Waals surface area contributed by atoms with Gasteiger partial charge in [-0.2, -0.15) is 20.5 Å². The van der Waals surface area contributed by atoms with Crippen molar-refractivity contribution in [2.24, 2.45) is 4.99 Å². The molecule has 306 valence electrons. The quantitative estimate of drug-likeness (QED) is 0.113. The minimum atomic E-state index is -0.0241. The van der Waals surface area contributed by atoms with Gasteiger partial charge >= 0.3 is 0 Å². The van der Waals surface area contributed by atoms with Gasteiger partial charge in [0.25, 0.3) is 11.8 Å². The van der Waals surface area contributed by atoms with E-state index in [1.54, 1.807) is 24.3 Å². The van der Waals surface area contributed by atoms with E-state index in [-0.39, 0.29) is 25.4 Å². The van der Waals surface area contributed by atoms with Crippen molar-refractivity contribution >= 4 is 5.71 Å². The fraction of sp³-hybridized carbons (Fsp3) is 0.340. The van der Waals surface area contributed by atoms with Crippen molar-refractivity contribution in [3.8, 4) is 69.3 Å². The number of aromatic nitrogens is 4. The molecule has 60 heavy (non-hydrogen) atoms. The lowest BCUT2D eigenvalue weighted by Crippen LogP contribution is -2.06. The molecular formula is C47H47N7O6. The molecule has 0 fully saturated rings. The Hall–Kier alpha value is -6.67. The minimum Gasteiger partial charge on any atom is -0.490 e. The average Bonchev–Trinajstić information content (AvgIpc) is 4.09. The molecule has 2 aliphatic rings. The predicted octanol–water partition coefficient (Wildman–Crippen LogP) is 8.65. The van der Waals surface area contributed by atoms with E-state index in [1.807, 2.05) is 70.2 Å². The van der Waals surface area contributed by atoms with E-state index in [0.29, 0.717) is 69.6 Å². The van der Waals surface area contributed by atoms with Crippen LogP contribution in [0.5, 0.6) is 11.5 Å². The number of hydrogen-bond donors (Lipinski definition) is 2. The van der Waals surface area contributed by atoms with Crippen molar-refractivity contribution in [1.29, 1.82) is 10.5 Å². The standard InChI is InChI=1S/C24H25N3O3.C23H22N4O3/c1-15(2)29-22-11-9-17(13-18(22)14-25)24-26-23(27-30-24)21-7-3-6-19-16(5-4-12-28)8-10-20(19)21;1-14(2)29-21-9-6-15(12-16(21)13-24)23-26-22(27-30-23)19-5-3-4-18-17(19)7-8-20(18)25-10-11-28/h3,6-7,9,11,13,15-16,28H,4-5,8,10,12H2,1-2H3;3-6,9,12,14,28H,7-8,10-11H2,1-2H3/t16-;/m0./s1. The van der Waals surface area contributed by atoms with Crippen molar-refractivity contribution in [3.63, 3.8) is 0 Å². The van der Waals surface area contributed by atoms with Crippen LogP contribution in [0.15, 0.2) is 86.8 Å². The molecule has 2 aliphatic carbocycles. The highest BCUT2D eigenvalue weighted by Crippen LogP contribution is 2.41. The van der Waals surface area contributed by atoms with Crippen LogP contribution in [-0.4, -0.2) is 68.2 Å². The SMILES string of the molecule is CC(C)Oc1ccc(-c2nc(-c3cccc4c3CCC4=NCCO)no2)cc1C#N.CC(C)Oc1ccc(-c2nc(-c3cccc4c3CC[C@@H]4CCCO)no2)cc1C#N. The van der Waals surface area contributed by atoms with Gasteiger partial charge in [-0.15, -0.1) is 0 Å². The fourth-order valence-corrected chi connectivity index (χ4v) is 7.77. The van der Waals surface area contributed by atoms with Crippen molar-refractivity contribution in [2.75, 3.05) is 19.8 Å². The van der Waals surface area contributed by atoms with E-state index >= 15 is 0 Å². The summed E-state index contributed by atoms with van der Waals surface area (Å²) in [6.07, 6.45) is 5.51. The predicted molar refractivity (Wildman–Crippen MR) is 225 cm³/mol. The topological polar surface area (TPSA) is 197 Å². The van der Waals surface area contributed by atoms with Gasteiger partial charge in [0, 0.05) is 34.6 Å². The second-order valence-corrected chi connectivity index (χ2v) is 15.2. The molecule has 1 atom stereocenters. The number of benzene rings is 4. The monoisotopic (exact) mass is 805 g/mol. The number of aliphatic imine (C=N–C) groups is 1. The van der Waals surface area contributed by atoms with E-state index in [0.717, 1.165) is 66.5 Å². The second kappa shape index (κ2) is 18.9. The third-order valence-electron chi connectivity index (χ3n) is 10.4. The van der Waals surface area contributed by atoms with Crippen LogP contribution < -0.4 is 9.47 Å². The Morgan fingerprint density at radius 1 is 0.717 bits per heavy atom. The fourth-order valence-electron chi connectivity index (χ4n) is 7.77. The molecule has 4 aromatic carbocycles. The Labute approximate surface area is 349 Å². The van der Waals surface area contributed by atoms with Gasteiger partial charge in [0.05, 0.1) is 36.5 Å². The number of nitriles is 2. The van der Waals surface area contributed by atoms with E-state index in [4.69, 9.17) is 28.7 Å². The summed E-state index contributed by atoms with van der Waals surface area (Å²) >= 11 is 0. The normalized spacial score (nSPS) is 14.7. The summed E-state index contributed by atoms with van der Waals surface area (Å²) in [4.78, 5) is 13.7. The lowest BCUT2D eigenvalue weighted by atomic mass is 9.95. The molecule has 13 heteroatoms. The number of aliphatic hydroxyl groups is 2. The molecular weight excluding hydrogens is 759 g/mol. The van der Waals surface area contributed by atoms with Crippen LogP contribution in [0.25, 0.3) is 45.7 Å². The molecule has 6 aromatic rings. The largest absolute Gasteiger partial charge is 0.490 e. The van der Waals surface area contributed by atoms with Crippen molar-refractivity contribution in [3.05, 3.63) is 106 Å². The summed E-state index contributed by atoms with van der Waals surface area (Å²) in [5.41, 5.74) is 9.94. The first-order valence-corrected chi connectivity index (χ1v) is 20.3. The highest BCUT2D eigenvalue weighted by Gasteiger charge is 2.27. The molecule has 0 radical (unpaired) electrons. The molecule has 0 saturated heterocycles. The number of ether oxygens (including phenoxy) is 2. The maximum absolute atomic E-state index is 9.47. The summed E-state index contributed by atoms with van der Waals surface area (Å²) in [7, 11) is 0. The molecule has 2 aromatic heterocycles. The zero-order chi connectivity index (χ0) is 42.2. The zero-order valence-corrected chi connectivity index (χ0v) is 34.2. The van der Waals surface area contributed by atoms with Gasteiger partial charge < -0.3 is 28.7 Å². The van der Waals surface area contributed by atoms with Crippen LogP contribution in [0.4, 0.5) is 0 Å². The molecule has 8 rings (SSSR count). The van der Waals surface area contributed by atoms with Gasteiger partial charge in [0.15, 0.2) is 0 Å². The van der Waals surface area contributed by atoms with Crippen LogP contribution in [-0.2, 0) is 12.8 Å². The minimum absolute atomic E-state index is 0.0145. The zero-order valence-electron chi connectivity index (χ0n) is 34.2. The van der Waals surface area contributed by atoms with Gasteiger partial charge in [-0.1, -0.05) is 46.7 Å². The lowest BCUT2D eigenvalue weighted by molar-refractivity contribution is 0.241. The van der Waals surface area contributed by atoms with Gasteiger partial charge in [0.2, 0.25) is 11.6 Å². The number of aliphatic hydroxyl groups excluding tert-OH is 2. The lowest BCUT2D eigenvalue weighted by Gasteiger charge is -2.11. The van der Waals surface area contributed by atoms with E-state index in [2.05, 4.69) is 43.5 Å².